The molecule has 88 valence electrons. The first-order valence-corrected chi connectivity index (χ1v) is 5.04. The number of nitrogens with zero attached hydrogens (tertiary/aromatic N) is 2. The number of aromatic carboxylic acids is 1. The van der Waals surface area contributed by atoms with Gasteiger partial charge in [-0.2, -0.15) is 0 Å². The maximum atomic E-state index is 10.6. The zero-order chi connectivity index (χ0) is 12.1. The van der Waals surface area contributed by atoms with Gasteiger partial charge in [0.15, 0.2) is 11.5 Å². The van der Waals surface area contributed by atoms with E-state index < -0.39 is 5.97 Å². The first kappa shape index (κ1) is 11.3. The summed E-state index contributed by atoms with van der Waals surface area (Å²) in [5.41, 5.74) is 0.966. The minimum Gasteiger partial charge on any atom is -0.476 e. The second-order valence-corrected chi connectivity index (χ2v) is 3.45. The Morgan fingerprint density at radius 2 is 2.35 bits per heavy atom. The highest BCUT2D eigenvalue weighted by molar-refractivity contribution is 5.85. The van der Waals surface area contributed by atoms with Crippen molar-refractivity contribution in [3.05, 3.63) is 47.6 Å². The number of hydrogen-bond acceptors (Lipinski definition) is 5. The molecule has 17 heavy (non-hydrogen) atoms. The van der Waals surface area contributed by atoms with Gasteiger partial charge < -0.3 is 14.9 Å². The molecule has 6 heteroatoms. The summed E-state index contributed by atoms with van der Waals surface area (Å²) < 4.78 is 4.85. The Labute approximate surface area is 97.3 Å². The van der Waals surface area contributed by atoms with Crippen LogP contribution in [0.2, 0.25) is 0 Å². The first-order chi connectivity index (χ1) is 8.25. The molecule has 0 aromatic carbocycles. The standard InChI is InChI=1S/C11H11N3O3/c15-11(16)10-4-9(17-14-10)7-13-6-8-2-1-3-12-5-8/h1-5,13H,6-7H2,(H,15,16). The van der Waals surface area contributed by atoms with Crippen molar-refractivity contribution in [2.24, 2.45) is 0 Å². The van der Waals surface area contributed by atoms with E-state index in [0.717, 1.165) is 5.56 Å². The predicted molar refractivity (Wildman–Crippen MR) is 58.2 cm³/mol. The number of carbonyl (C=O) groups is 1. The SMILES string of the molecule is O=C(O)c1cc(CNCc2cccnc2)on1. The average molecular weight is 233 g/mol. The number of nitrogens with one attached hydrogen (secondary N) is 1. The van der Waals surface area contributed by atoms with Crippen LogP contribution in [0.15, 0.2) is 35.1 Å². The summed E-state index contributed by atoms with van der Waals surface area (Å²) in [4.78, 5) is 14.5. The Balaban J connectivity index is 1.84. The number of hydrogen-bond donors (Lipinski definition) is 2. The molecule has 0 atom stereocenters. The van der Waals surface area contributed by atoms with Crippen molar-refractivity contribution in [1.82, 2.24) is 15.5 Å². The minimum atomic E-state index is -1.09. The maximum Gasteiger partial charge on any atom is 0.358 e. The zero-order valence-electron chi connectivity index (χ0n) is 8.96. The summed E-state index contributed by atoms with van der Waals surface area (Å²) in [6, 6.07) is 5.20. The zero-order valence-corrected chi connectivity index (χ0v) is 8.96. The minimum absolute atomic E-state index is 0.0804. The fourth-order valence-corrected chi connectivity index (χ4v) is 1.33. The molecule has 2 aromatic heterocycles. The third-order valence-electron chi connectivity index (χ3n) is 2.13. The molecule has 0 radical (unpaired) electrons. The molecule has 0 unspecified atom stereocenters. The third-order valence-corrected chi connectivity index (χ3v) is 2.13. The number of carboxylic acids is 1. The van der Waals surface area contributed by atoms with Crippen LogP contribution in [-0.2, 0) is 13.1 Å². The van der Waals surface area contributed by atoms with Gasteiger partial charge in [-0.3, -0.25) is 4.98 Å². The lowest BCUT2D eigenvalue weighted by Crippen LogP contribution is -2.12. The molecule has 2 heterocycles. The number of rotatable bonds is 5. The lowest BCUT2D eigenvalue weighted by molar-refractivity contribution is 0.0685. The second kappa shape index (κ2) is 5.22. The van der Waals surface area contributed by atoms with Gasteiger partial charge >= 0.3 is 5.97 Å². The first-order valence-electron chi connectivity index (χ1n) is 5.04. The second-order valence-electron chi connectivity index (χ2n) is 3.45. The maximum absolute atomic E-state index is 10.6. The summed E-state index contributed by atoms with van der Waals surface area (Å²) in [7, 11) is 0. The van der Waals surface area contributed by atoms with Crippen LogP contribution in [0.1, 0.15) is 21.8 Å². The van der Waals surface area contributed by atoms with Crippen LogP contribution in [0.5, 0.6) is 0 Å². The fraction of sp³-hybridized carbons (Fsp3) is 0.182. The van der Waals surface area contributed by atoms with Gasteiger partial charge in [0, 0.05) is 25.0 Å². The van der Waals surface area contributed by atoms with Crippen molar-refractivity contribution in [2.75, 3.05) is 0 Å². The van der Waals surface area contributed by atoms with Gasteiger partial charge in [-0.1, -0.05) is 11.2 Å². The Morgan fingerprint density at radius 3 is 3.00 bits per heavy atom. The van der Waals surface area contributed by atoms with Gasteiger partial charge in [0.1, 0.15) is 0 Å². The van der Waals surface area contributed by atoms with Crippen molar-refractivity contribution < 1.29 is 14.4 Å². The third kappa shape index (κ3) is 3.12. The molecule has 2 rings (SSSR count). The van der Waals surface area contributed by atoms with E-state index in [4.69, 9.17) is 9.63 Å². The molecule has 0 spiro atoms. The number of carboxylic acid groups (broad SMARTS) is 1. The summed E-state index contributed by atoms with van der Waals surface area (Å²) in [5.74, 6) is -0.599. The van der Waals surface area contributed by atoms with Crippen LogP contribution in [0, 0.1) is 0 Å². The van der Waals surface area contributed by atoms with Crippen LogP contribution in [0.3, 0.4) is 0 Å². The molecule has 2 aromatic rings. The van der Waals surface area contributed by atoms with Gasteiger partial charge in [0.2, 0.25) is 0 Å². The van der Waals surface area contributed by atoms with Gasteiger partial charge in [-0.25, -0.2) is 4.79 Å². The largest absolute Gasteiger partial charge is 0.476 e. The Morgan fingerprint density at radius 1 is 1.47 bits per heavy atom. The van der Waals surface area contributed by atoms with E-state index in [-0.39, 0.29) is 5.69 Å². The lowest BCUT2D eigenvalue weighted by Gasteiger charge is -2.00. The number of pyridine rings is 1. The van der Waals surface area contributed by atoms with Crippen molar-refractivity contribution in [3.63, 3.8) is 0 Å². The van der Waals surface area contributed by atoms with E-state index in [1.807, 2.05) is 12.1 Å². The van der Waals surface area contributed by atoms with E-state index in [1.165, 1.54) is 6.07 Å². The highest BCUT2D eigenvalue weighted by Gasteiger charge is 2.09. The molecule has 0 aliphatic carbocycles. The molecule has 0 bridgehead atoms. The molecule has 6 nitrogen and oxygen atoms in total. The van der Waals surface area contributed by atoms with E-state index in [2.05, 4.69) is 15.5 Å². The van der Waals surface area contributed by atoms with Gasteiger partial charge in [0.25, 0.3) is 0 Å². The van der Waals surface area contributed by atoms with Gasteiger partial charge in [-0.05, 0) is 11.6 Å². The topological polar surface area (TPSA) is 88.2 Å². The van der Waals surface area contributed by atoms with E-state index in [0.29, 0.717) is 18.8 Å². The van der Waals surface area contributed by atoms with Crippen LogP contribution >= 0.6 is 0 Å². The van der Waals surface area contributed by atoms with E-state index >= 15 is 0 Å². The van der Waals surface area contributed by atoms with Crippen LogP contribution in [0.4, 0.5) is 0 Å². The van der Waals surface area contributed by atoms with Crippen LogP contribution in [-0.4, -0.2) is 21.2 Å². The highest BCUT2D eigenvalue weighted by Crippen LogP contribution is 2.03. The molecule has 0 fully saturated rings. The molecule has 0 saturated heterocycles. The van der Waals surface area contributed by atoms with Crippen molar-refractivity contribution >= 4 is 5.97 Å². The van der Waals surface area contributed by atoms with Gasteiger partial charge in [-0.15, -0.1) is 0 Å². The smallest absolute Gasteiger partial charge is 0.358 e. The highest BCUT2D eigenvalue weighted by atomic mass is 16.5. The lowest BCUT2D eigenvalue weighted by atomic mass is 10.3. The summed E-state index contributed by atoms with van der Waals surface area (Å²) >= 11 is 0. The monoisotopic (exact) mass is 233 g/mol. The van der Waals surface area contributed by atoms with E-state index in [9.17, 15) is 4.79 Å². The van der Waals surface area contributed by atoms with Crippen molar-refractivity contribution in [1.29, 1.82) is 0 Å². The van der Waals surface area contributed by atoms with Crippen molar-refractivity contribution in [2.45, 2.75) is 13.1 Å². The molecular weight excluding hydrogens is 222 g/mol. The Kier molecular flexibility index (Phi) is 3.46. The van der Waals surface area contributed by atoms with E-state index in [1.54, 1.807) is 12.4 Å². The summed E-state index contributed by atoms with van der Waals surface area (Å²) in [6.45, 7) is 1.06. The molecule has 0 saturated carbocycles. The summed E-state index contributed by atoms with van der Waals surface area (Å²) in [6.07, 6.45) is 3.47. The Hall–Kier alpha value is -2.21. The normalized spacial score (nSPS) is 10.4. The summed E-state index contributed by atoms with van der Waals surface area (Å²) in [5, 5.41) is 15.2. The van der Waals surface area contributed by atoms with Crippen molar-refractivity contribution in [3.8, 4) is 0 Å². The molecule has 0 aliphatic heterocycles. The van der Waals surface area contributed by atoms with Crippen LogP contribution in [0.25, 0.3) is 0 Å². The predicted octanol–water partition coefficient (Wildman–Crippen LogP) is 1.06. The Bertz CT molecular complexity index is 496. The molecular formula is C11H11N3O3. The molecule has 0 aliphatic rings. The quantitative estimate of drug-likeness (QED) is 0.802. The van der Waals surface area contributed by atoms with Crippen LogP contribution < -0.4 is 5.32 Å². The number of aromatic nitrogens is 2. The average Bonchev–Trinajstić information content (AvgIpc) is 2.79. The fourth-order valence-electron chi connectivity index (χ4n) is 1.33. The molecule has 0 amide bonds. The molecule has 2 N–H and O–H groups in total. The van der Waals surface area contributed by atoms with Gasteiger partial charge in [0.05, 0.1) is 6.54 Å².